The predicted octanol–water partition coefficient (Wildman–Crippen LogP) is 2.67. The van der Waals surface area contributed by atoms with Crippen LogP contribution in [0.1, 0.15) is 17.2 Å². The van der Waals surface area contributed by atoms with Crippen molar-refractivity contribution in [3.8, 4) is 0 Å². The number of aryl methyl sites for hydroxylation is 4. The molecule has 4 heteroatoms. The van der Waals surface area contributed by atoms with E-state index in [2.05, 4.69) is 44.2 Å². The number of nitrogens with zero attached hydrogens (tertiary/aromatic N) is 3. The van der Waals surface area contributed by atoms with Gasteiger partial charge in [-0.3, -0.25) is 4.68 Å². The van der Waals surface area contributed by atoms with Crippen molar-refractivity contribution in [1.29, 1.82) is 0 Å². The van der Waals surface area contributed by atoms with Gasteiger partial charge in [-0.1, -0.05) is 28.1 Å². The van der Waals surface area contributed by atoms with E-state index in [9.17, 15) is 0 Å². The van der Waals surface area contributed by atoms with Crippen molar-refractivity contribution >= 4 is 15.9 Å². The molecule has 0 radical (unpaired) electrons. The lowest BCUT2D eigenvalue weighted by atomic mass is 10.1. The molecule has 1 aromatic carbocycles. The largest absolute Gasteiger partial charge is 0.253 e. The van der Waals surface area contributed by atoms with Gasteiger partial charge >= 0.3 is 0 Å². The zero-order chi connectivity index (χ0) is 11.5. The van der Waals surface area contributed by atoms with E-state index in [4.69, 9.17) is 0 Å². The van der Waals surface area contributed by atoms with E-state index in [0.717, 1.165) is 29.0 Å². The second kappa shape index (κ2) is 4.78. The Balaban J connectivity index is 2.02. The highest BCUT2D eigenvalue weighted by Crippen LogP contribution is 2.13. The molecular formula is C12H14BrN3. The fourth-order valence-corrected chi connectivity index (χ4v) is 2.03. The average molecular weight is 280 g/mol. The molecule has 0 aliphatic carbocycles. The minimum atomic E-state index is 0.887. The first-order valence-electron chi connectivity index (χ1n) is 5.26. The van der Waals surface area contributed by atoms with Crippen LogP contribution < -0.4 is 0 Å². The minimum Gasteiger partial charge on any atom is -0.253 e. The maximum absolute atomic E-state index is 4.39. The van der Waals surface area contributed by atoms with Gasteiger partial charge in [-0.2, -0.15) is 5.10 Å². The molecule has 0 aliphatic rings. The van der Waals surface area contributed by atoms with Gasteiger partial charge in [0.15, 0.2) is 5.82 Å². The molecule has 0 fully saturated rings. The van der Waals surface area contributed by atoms with Crippen molar-refractivity contribution < 1.29 is 0 Å². The van der Waals surface area contributed by atoms with Crippen molar-refractivity contribution in [3.05, 3.63) is 46.0 Å². The molecule has 2 rings (SSSR count). The van der Waals surface area contributed by atoms with Crippen LogP contribution in [0, 0.1) is 6.92 Å². The van der Waals surface area contributed by atoms with E-state index in [0.29, 0.717) is 0 Å². The maximum Gasteiger partial charge on any atom is 0.151 e. The molecule has 0 spiro atoms. The fraction of sp³-hybridized carbons (Fsp3) is 0.333. The molecule has 0 aliphatic heterocycles. The van der Waals surface area contributed by atoms with Crippen molar-refractivity contribution in [3.63, 3.8) is 0 Å². The highest BCUT2D eigenvalue weighted by molar-refractivity contribution is 9.10. The SMILES string of the molecule is Cc1nc(CCc2cccc(Br)c2)nn1C. The standard InChI is InChI=1S/C12H14BrN3/c1-9-14-12(15-16(9)2)7-6-10-4-3-5-11(13)8-10/h3-5,8H,6-7H2,1-2H3. The first-order chi connectivity index (χ1) is 7.65. The quantitative estimate of drug-likeness (QED) is 0.865. The number of rotatable bonds is 3. The van der Waals surface area contributed by atoms with Crippen molar-refractivity contribution in [2.45, 2.75) is 19.8 Å². The van der Waals surface area contributed by atoms with E-state index >= 15 is 0 Å². The first-order valence-corrected chi connectivity index (χ1v) is 6.05. The summed E-state index contributed by atoms with van der Waals surface area (Å²) >= 11 is 3.47. The van der Waals surface area contributed by atoms with Crippen LogP contribution in [0.15, 0.2) is 28.7 Å². The molecule has 0 bridgehead atoms. The highest BCUT2D eigenvalue weighted by atomic mass is 79.9. The number of hydrogen-bond acceptors (Lipinski definition) is 2. The smallest absolute Gasteiger partial charge is 0.151 e. The van der Waals surface area contributed by atoms with Crippen LogP contribution in [0.25, 0.3) is 0 Å². The molecule has 0 N–H and O–H groups in total. The Bertz CT molecular complexity index is 471. The number of halogens is 1. The molecule has 84 valence electrons. The molecule has 0 saturated carbocycles. The van der Waals surface area contributed by atoms with E-state index in [1.165, 1.54) is 5.56 Å². The van der Waals surface area contributed by atoms with Gasteiger partial charge in [0.2, 0.25) is 0 Å². The molecule has 0 amide bonds. The van der Waals surface area contributed by atoms with Gasteiger partial charge in [-0.25, -0.2) is 4.98 Å². The average Bonchev–Trinajstić information content (AvgIpc) is 2.56. The zero-order valence-electron chi connectivity index (χ0n) is 9.44. The molecule has 0 saturated heterocycles. The minimum absolute atomic E-state index is 0.887. The first kappa shape index (κ1) is 11.3. The van der Waals surface area contributed by atoms with Crippen LogP contribution >= 0.6 is 15.9 Å². The number of aromatic nitrogens is 3. The summed E-state index contributed by atoms with van der Waals surface area (Å²) in [6.07, 6.45) is 1.86. The molecule has 0 atom stereocenters. The summed E-state index contributed by atoms with van der Waals surface area (Å²) in [5.41, 5.74) is 1.31. The normalized spacial score (nSPS) is 10.7. The lowest BCUT2D eigenvalue weighted by molar-refractivity contribution is 0.716. The van der Waals surface area contributed by atoms with Crippen LogP contribution in [0.2, 0.25) is 0 Å². The van der Waals surface area contributed by atoms with Crippen LogP contribution in [0.4, 0.5) is 0 Å². The third-order valence-electron chi connectivity index (χ3n) is 2.55. The zero-order valence-corrected chi connectivity index (χ0v) is 11.0. The molecule has 3 nitrogen and oxygen atoms in total. The lowest BCUT2D eigenvalue weighted by Crippen LogP contribution is -1.96. The van der Waals surface area contributed by atoms with Gasteiger partial charge in [0, 0.05) is 17.9 Å². The van der Waals surface area contributed by atoms with E-state index in [1.807, 2.05) is 24.7 Å². The summed E-state index contributed by atoms with van der Waals surface area (Å²) in [5, 5.41) is 4.34. The molecule has 1 heterocycles. The third-order valence-corrected chi connectivity index (χ3v) is 3.04. The number of benzene rings is 1. The lowest BCUT2D eigenvalue weighted by Gasteiger charge is -1.99. The molecular weight excluding hydrogens is 266 g/mol. The van der Waals surface area contributed by atoms with Crippen LogP contribution in [-0.2, 0) is 19.9 Å². The fourth-order valence-electron chi connectivity index (χ4n) is 1.58. The van der Waals surface area contributed by atoms with Gasteiger partial charge < -0.3 is 0 Å². The van der Waals surface area contributed by atoms with E-state index in [1.54, 1.807) is 0 Å². The molecule has 2 aromatic rings. The summed E-state index contributed by atoms with van der Waals surface area (Å²) in [6, 6.07) is 8.35. The highest BCUT2D eigenvalue weighted by Gasteiger charge is 2.03. The Labute approximate surface area is 104 Å². The van der Waals surface area contributed by atoms with Crippen molar-refractivity contribution in [2.75, 3.05) is 0 Å². The Kier molecular flexibility index (Phi) is 3.39. The third kappa shape index (κ3) is 2.70. The summed E-state index contributed by atoms with van der Waals surface area (Å²) in [4.78, 5) is 4.39. The van der Waals surface area contributed by atoms with Gasteiger partial charge in [-0.15, -0.1) is 0 Å². The Morgan fingerprint density at radius 3 is 2.75 bits per heavy atom. The van der Waals surface area contributed by atoms with E-state index in [-0.39, 0.29) is 0 Å². The van der Waals surface area contributed by atoms with Gasteiger partial charge in [-0.05, 0) is 31.0 Å². The molecule has 16 heavy (non-hydrogen) atoms. The summed E-state index contributed by atoms with van der Waals surface area (Å²) in [5.74, 6) is 1.88. The second-order valence-corrected chi connectivity index (χ2v) is 4.74. The monoisotopic (exact) mass is 279 g/mol. The summed E-state index contributed by atoms with van der Waals surface area (Å²) in [6.45, 7) is 1.97. The van der Waals surface area contributed by atoms with Crippen LogP contribution in [-0.4, -0.2) is 14.8 Å². The predicted molar refractivity (Wildman–Crippen MR) is 67.3 cm³/mol. The topological polar surface area (TPSA) is 30.7 Å². The van der Waals surface area contributed by atoms with Gasteiger partial charge in [0.05, 0.1) is 0 Å². The summed E-state index contributed by atoms with van der Waals surface area (Å²) < 4.78 is 2.94. The Morgan fingerprint density at radius 2 is 2.12 bits per heavy atom. The van der Waals surface area contributed by atoms with Crippen LogP contribution in [0.3, 0.4) is 0 Å². The van der Waals surface area contributed by atoms with Crippen LogP contribution in [0.5, 0.6) is 0 Å². The Morgan fingerprint density at radius 1 is 1.31 bits per heavy atom. The maximum atomic E-state index is 4.39. The van der Waals surface area contributed by atoms with E-state index < -0.39 is 0 Å². The molecule has 1 aromatic heterocycles. The Hall–Kier alpha value is -1.16. The molecule has 0 unspecified atom stereocenters. The van der Waals surface area contributed by atoms with Gasteiger partial charge in [0.1, 0.15) is 5.82 Å². The summed E-state index contributed by atoms with van der Waals surface area (Å²) in [7, 11) is 1.92. The van der Waals surface area contributed by atoms with Crippen molar-refractivity contribution in [2.24, 2.45) is 7.05 Å². The number of hydrogen-bond donors (Lipinski definition) is 0. The van der Waals surface area contributed by atoms with Gasteiger partial charge in [0.25, 0.3) is 0 Å². The second-order valence-electron chi connectivity index (χ2n) is 3.83. The van der Waals surface area contributed by atoms with Crippen molar-refractivity contribution in [1.82, 2.24) is 14.8 Å².